The molecule has 0 bridgehead atoms. The van der Waals surface area contributed by atoms with Gasteiger partial charge in [0.15, 0.2) is 5.43 Å². The maximum absolute atomic E-state index is 14.3. The molecule has 2 N–H and O–H groups in total. The average molecular weight is 435 g/mol. The smallest absolute Gasteiger partial charge is 0.256 e. The molecule has 0 atom stereocenters. The van der Waals surface area contributed by atoms with Gasteiger partial charge in [-0.05, 0) is 43.2 Å². The number of nitrogens with one attached hydrogen (secondary N) is 2. The third kappa shape index (κ3) is 3.92. The number of hydrogen-bond donors (Lipinski definition) is 2. The SMILES string of the molecule is CS(=O)(=O)NC1CCN(C(=O)c2cc(F)cc3c(=O)c4cc(F)ccc4[nH]c23)CC1. The van der Waals surface area contributed by atoms with Gasteiger partial charge < -0.3 is 9.88 Å². The van der Waals surface area contributed by atoms with E-state index in [1.54, 1.807) is 0 Å². The number of benzene rings is 2. The molecule has 1 amide bonds. The molecule has 0 unspecified atom stereocenters. The van der Waals surface area contributed by atoms with Crippen LogP contribution in [0.4, 0.5) is 8.78 Å². The van der Waals surface area contributed by atoms with Crippen LogP contribution >= 0.6 is 0 Å². The molecule has 1 aromatic heterocycles. The molecule has 1 aliphatic heterocycles. The molecule has 10 heteroatoms. The van der Waals surface area contributed by atoms with Crippen molar-refractivity contribution in [3.05, 3.63) is 57.8 Å². The molecule has 1 fully saturated rings. The Balaban J connectivity index is 1.72. The minimum Gasteiger partial charge on any atom is -0.354 e. The summed E-state index contributed by atoms with van der Waals surface area (Å²) in [4.78, 5) is 30.3. The number of amides is 1. The van der Waals surface area contributed by atoms with Crippen molar-refractivity contribution in [2.45, 2.75) is 18.9 Å². The van der Waals surface area contributed by atoms with E-state index in [2.05, 4.69) is 9.71 Å². The Morgan fingerprint density at radius 2 is 1.77 bits per heavy atom. The third-order valence-electron chi connectivity index (χ3n) is 5.23. The zero-order chi connectivity index (χ0) is 21.6. The van der Waals surface area contributed by atoms with Gasteiger partial charge in [0.05, 0.1) is 17.3 Å². The highest BCUT2D eigenvalue weighted by Crippen LogP contribution is 2.23. The lowest BCUT2D eigenvalue weighted by atomic mass is 10.0. The Morgan fingerprint density at radius 1 is 1.10 bits per heavy atom. The summed E-state index contributed by atoms with van der Waals surface area (Å²) < 4.78 is 53.1. The lowest BCUT2D eigenvalue weighted by Gasteiger charge is -2.32. The molecule has 0 radical (unpaired) electrons. The van der Waals surface area contributed by atoms with E-state index in [1.165, 1.54) is 17.0 Å². The van der Waals surface area contributed by atoms with E-state index in [1.807, 2.05) is 0 Å². The van der Waals surface area contributed by atoms with Gasteiger partial charge in [0.2, 0.25) is 10.0 Å². The number of nitrogens with zero attached hydrogens (tertiary/aromatic N) is 1. The summed E-state index contributed by atoms with van der Waals surface area (Å²) in [6.45, 7) is 0.570. The van der Waals surface area contributed by atoms with Crippen molar-refractivity contribution in [2.75, 3.05) is 19.3 Å². The van der Waals surface area contributed by atoms with Crippen LogP contribution in [0, 0.1) is 11.6 Å². The lowest BCUT2D eigenvalue weighted by Crippen LogP contribution is -2.46. The molecule has 2 aromatic carbocycles. The average Bonchev–Trinajstić information content (AvgIpc) is 2.68. The summed E-state index contributed by atoms with van der Waals surface area (Å²) in [5, 5.41) is 0.0317. The molecule has 7 nitrogen and oxygen atoms in total. The largest absolute Gasteiger partial charge is 0.354 e. The van der Waals surface area contributed by atoms with Crippen LogP contribution in [0.2, 0.25) is 0 Å². The highest BCUT2D eigenvalue weighted by Gasteiger charge is 2.27. The first-order valence-electron chi connectivity index (χ1n) is 9.34. The second-order valence-electron chi connectivity index (χ2n) is 7.48. The quantitative estimate of drug-likeness (QED) is 0.616. The number of pyridine rings is 1. The van der Waals surface area contributed by atoms with Gasteiger partial charge in [-0.1, -0.05) is 0 Å². The molecular formula is C20H19F2N3O4S. The molecule has 1 saturated heterocycles. The second-order valence-corrected chi connectivity index (χ2v) is 9.26. The first-order valence-corrected chi connectivity index (χ1v) is 11.2. The predicted octanol–water partition coefficient (Wildman–Crippen LogP) is 2.11. The van der Waals surface area contributed by atoms with Crippen LogP contribution in [-0.4, -0.2) is 49.6 Å². The van der Waals surface area contributed by atoms with Crippen LogP contribution in [0.3, 0.4) is 0 Å². The third-order valence-corrected chi connectivity index (χ3v) is 5.99. The maximum atomic E-state index is 14.3. The summed E-state index contributed by atoms with van der Waals surface area (Å²) in [6.07, 6.45) is 1.92. The highest BCUT2D eigenvalue weighted by molar-refractivity contribution is 7.88. The normalized spacial score (nSPS) is 15.8. The number of likely N-dealkylation sites (tertiary alicyclic amines) is 1. The van der Waals surface area contributed by atoms with Gasteiger partial charge in [-0.3, -0.25) is 9.59 Å². The van der Waals surface area contributed by atoms with E-state index < -0.39 is 33.0 Å². The monoisotopic (exact) mass is 435 g/mol. The van der Waals surface area contributed by atoms with E-state index in [4.69, 9.17) is 0 Å². The Kier molecular flexibility index (Phi) is 5.07. The zero-order valence-electron chi connectivity index (χ0n) is 16.0. The van der Waals surface area contributed by atoms with E-state index in [-0.39, 0.29) is 41.0 Å². The van der Waals surface area contributed by atoms with Crippen LogP contribution in [0.25, 0.3) is 21.8 Å². The fraction of sp³-hybridized carbons (Fsp3) is 0.300. The number of fused-ring (bicyclic) bond motifs is 2. The number of H-pyrrole nitrogens is 1. The summed E-state index contributed by atoms with van der Waals surface area (Å²) in [7, 11) is -3.35. The van der Waals surface area contributed by atoms with Crippen LogP contribution in [0.1, 0.15) is 23.2 Å². The highest BCUT2D eigenvalue weighted by atomic mass is 32.2. The molecule has 0 saturated carbocycles. The van der Waals surface area contributed by atoms with Gasteiger partial charge >= 0.3 is 0 Å². The molecule has 0 spiro atoms. The molecule has 1 aliphatic rings. The van der Waals surface area contributed by atoms with E-state index >= 15 is 0 Å². The van der Waals surface area contributed by atoms with E-state index in [0.29, 0.717) is 18.4 Å². The van der Waals surface area contributed by atoms with Crippen LogP contribution in [-0.2, 0) is 10.0 Å². The fourth-order valence-electron chi connectivity index (χ4n) is 3.86. The van der Waals surface area contributed by atoms with Crippen molar-refractivity contribution >= 4 is 37.7 Å². The molecule has 0 aliphatic carbocycles. The van der Waals surface area contributed by atoms with Crippen molar-refractivity contribution in [3.8, 4) is 0 Å². The molecule has 4 rings (SSSR count). The summed E-state index contributed by atoms with van der Waals surface area (Å²) in [5.41, 5.74) is -0.0433. The van der Waals surface area contributed by atoms with Crippen molar-refractivity contribution in [2.24, 2.45) is 0 Å². The van der Waals surface area contributed by atoms with Crippen LogP contribution < -0.4 is 10.2 Å². The summed E-state index contributed by atoms with van der Waals surface area (Å²) >= 11 is 0. The number of sulfonamides is 1. The maximum Gasteiger partial charge on any atom is 0.256 e. The second kappa shape index (κ2) is 7.44. The number of aromatic nitrogens is 1. The van der Waals surface area contributed by atoms with Gasteiger partial charge in [0.1, 0.15) is 11.6 Å². The topological polar surface area (TPSA) is 99.3 Å². The number of piperidine rings is 1. The number of aromatic amines is 1. The van der Waals surface area contributed by atoms with Gasteiger partial charge in [-0.2, -0.15) is 0 Å². The summed E-state index contributed by atoms with van der Waals surface area (Å²) in [6, 6.07) is 5.47. The number of carbonyl (C=O) groups excluding carboxylic acids is 1. The fourth-order valence-corrected chi connectivity index (χ4v) is 4.70. The number of rotatable bonds is 3. The molecule has 30 heavy (non-hydrogen) atoms. The van der Waals surface area contributed by atoms with Gasteiger partial charge in [-0.25, -0.2) is 21.9 Å². The Hall–Kier alpha value is -2.85. The van der Waals surface area contributed by atoms with Gasteiger partial charge in [-0.15, -0.1) is 0 Å². The lowest BCUT2D eigenvalue weighted by molar-refractivity contribution is 0.0712. The number of halogens is 2. The van der Waals surface area contributed by atoms with Crippen LogP contribution in [0.15, 0.2) is 35.1 Å². The Labute approximate surface area is 170 Å². The van der Waals surface area contributed by atoms with E-state index in [0.717, 1.165) is 24.5 Å². The van der Waals surface area contributed by atoms with Crippen molar-refractivity contribution < 1.29 is 22.0 Å². The molecule has 3 aromatic rings. The molecular weight excluding hydrogens is 416 g/mol. The van der Waals surface area contributed by atoms with Crippen molar-refractivity contribution in [3.63, 3.8) is 0 Å². The summed E-state index contributed by atoms with van der Waals surface area (Å²) in [5.74, 6) is -1.80. The molecule has 2 heterocycles. The van der Waals surface area contributed by atoms with Gasteiger partial charge in [0, 0.05) is 35.4 Å². The van der Waals surface area contributed by atoms with Gasteiger partial charge in [0.25, 0.3) is 5.91 Å². The molecule has 158 valence electrons. The minimum atomic E-state index is -3.35. The Bertz CT molecular complexity index is 1330. The first kappa shape index (κ1) is 20.4. The minimum absolute atomic E-state index is 0.00264. The van der Waals surface area contributed by atoms with Crippen LogP contribution in [0.5, 0.6) is 0 Å². The zero-order valence-corrected chi connectivity index (χ0v) is 16.9. The Morgan fingerprint density at radius 3 is 2.43 bits per heavy atom. The van der Waals surface area contributed by atoms with Crippen molar-refractivity contribution in [1.82, 2.24) is 14.6 Å². The number of carbonyl (C=O) groups is 1. The van der Waals surface area contributed by atoms with Crippen molar-refractivity contribution in [1.29, 1.82) is 0 Å². The number of hydrogen-bond acceptors (Lipinski definition) is 4. The first-order chi connectivity index (χ1) is 14.1. The van der Waals surface area contributed by atoms with E-state index in [9.17, 15) is 26.8 Å². The standard InChI is InChI=1S/C20H19F2N3O4S/c1-30(28,29)24-13-4-6-25(7-5-13)20(27)16-10-12(22)9-15-18(16)23-17-3-2-11(21)8-14(17)19(15)26/h2-3,8-10,13,24H,4-7H2,1H3,(H,23,26). The predicted molar refractivity (Wildman–Crippen MR) is 109 cm³/mol.